The molecule has 0 amide bonds. The predicted molar refractivity (Wildman–Crippen MR) is 74.3 cm³/mol. The van der Waals surface area contributed by atoms with Crippen molar-refractivity contribution in [2.24, 2.45) is 0 Å². The number of anilines is 1. The monoisotopic (exact) mass is 300 g/mol. The molecule has 2 atom stereocenters. The molecule has 1 fully saturated rings. The van der Waals surface area contributed by atoms with Crippen LogP contribution in [0.3, 0.4) is 0 Å². The molecular weight excluding hydrogens is 282 g/mol. The molecule has 21 heavy (non-hydrogen) atoms. The van der Waals surface area contributed by atoms with Crippen molar-refractivity contribution in [2.45, 2.75) is 44.8 Å². The zero-order valence-electron chi connectivity index (χ0n) is 11.8. The Hall–Kier alpha value is -1.76. The van der Waals surface area contributed by atoms with Gasteiger partial charge in [0.05, 0.1) is 17.1 Å². The third kappa shape index (κ3) is 3.87. The smallest absolute Gasteiger partial charge is 0.298 e. The summed E-state index contributed by atoms with van der Waals surface area (Å²) < 4.78 is 32.5. The quantitative estimate of drug-likeness (QED) is 0.666. The number of rotatable bonds is 5. The summed E-state index contributed by atoms with van der Waals surface area (Å²) in [7, 11) is 0. The predicted octanol–water partition coefficient (Wildman–Crippen LogP) is 3.63. The largest absolute Gasteiger partial charge is 0.378 e. The Kier molecular flexibility index (Phi) is 5.06. The van der Waals surface area contributed by atoms with E-state index in [9.17, 15) is 18.9 Å². The number of ether oxygens (including phenoxy) is 1. The van der Waals surface area contributed by atoms with E-state index >= 15 is 0 Å². The summed E-state index contributed by atoms with van der Waals surface area (Å²) in [5, 5.41) is 13.8. The first-order valence-electron chi connectivity index (χ1n) is 7.02. The highest BCUT2D eigenvalue weighted by Crippen LogP contribution is 2.31. The van der Waals surface area contributed by atoms with Gasteiger partial charge in [-0.25, -0.2) is 8.78 Å². The van der Waals surface area contributed by atoms with E-state index in [4.69, 9.17) is 4.74 Å². The second kappa shape index (κ2) is 6.80. The molecule has 0 spiro atoms. The Bertz CT molecular complexity index is 523. The van der Waals surface area contributed by atoms with Crippen molar-refractivity contribution in [3.63, 3.8) is 0 Å². The highest BCUT2D eigenvalue weighted by molar-refractivity contribution is 5.63. The van der Waals surface area contributed by atoms with Crippen LogP contribution in [0.15, 0.2) is 12.1 Å². The van der Waals surface area contributed by atoms with Crippen molar-refractivity contribution in [3.8, 4) is 0 Å². The number of hydrogen-bond acceptors (Lipinski definition) is 4. The number of nitrogens with one attached hydrogen (secondary N) is 1. The maximum atomic E-state index is 13.8. The van der Waals surface area contributed by atoms with E-state index in [1.807, 2.05) is 6.92 Å². The number of hydrogen-bond donors (Lipinski definition) is 1. The third-order valence-corrected chi connectivity index (χ3v) is 3.56. The fourth-order valence-corrected chi connectivity index (χ4v) is 2.59. The van der Waals surface area contributed by atoms with Gasteiger partial charge < -0.3 is 10.1 Å². The normalized spacial score (nSPS) is 22.0. The van der Waals surface area contributed by atoms with E-state index in [1.54, 1.807) is 0 Å². The van der Waals surface area contributed by atoms with E-state index in [2.05, 4.69) is 5.32 Å². The summed E-state index contributed by atoms with van der Waals surface area (Å²) in [5.74, 6) is -1.90. The molecule has 0 aromatic heterocycles. The maximum Gasteiger partial charge on any atom is 0.298 e. The van der Waals surface area contributed by atoms with Gasteiger partial charge in [-0.2, -0.15) is 0 Å². The number of benzene rings is 1. The minimum atomic E-state index is -0.958. The maximum absolute atomic E-state index is 13.8. The molecule has 1 aromatic rings. The van der Waals surface area contributed by atoms with Gasteiger partial charge in [0.25, 0.3) is 5.69 Å². The molecule has 7 heteroatoms. The Morgan fingerprint density at radius 2 is 2.24 bits per heavy atom. The van der Waals surface area contributed by atoms with Crippen LogP contribution in [0, 0.1) is 21.7 Å². The first-order chi connectivity index (χ1) is 10.0. The van der Waals surface area contributed by atoms with Crippen LogP contribution in [0.2, 0.25) is 0 Å². The van der Waals surface area contributed by atoms with Gasteiger partial charge in [-0.15, -0.1) is 0 Å². The molecule has 1 N–H and O–H groups in total. The molecule has 116 valence electrons. The average molecular weight is 300 g/mol. The van der Waals surface area contributed by atoms with Gasteiger partial charge in [-0.3, -0.25) is 10.1 Å². The molecule has 0 bridgehead atoms. The first-order valence-corrected chi connectivity index (χ1v) is 7.02. The zero-order chi connectivity index (χ0) is 15.4. The van der Waals surface area contributed by atoms with Gasteiger partial charge in [-0.05, 0) is 19.3 Å². The lowest BCUT2D eigenvalue weighted by atomic mass is 9.99. The summed E-state index contributed by atoms with van der Waals surface area (Å²) in [6.07, 6.45) is 3.23. The van der Waals surface area contributed by atoms with E-state index in [0.717, 1.165) is 18.9 Å². The molecule has 2 rings (SSSR count). The number of halogens is 2. The average Bonchev–Trinajstić information content (AvgIpc) is 2.42. The molecule has 1 aromatic carbocycles. The molecule has 0 radical (unpaired) electrons. The highest BCUT2D eigenvalue weighted by atomic mass is 19.1. The second-order valence-corrected chi connectivity index (χ2v) is 5.19. The fraction of sp³-hybridized carbons (Fsp3) is 0.571. The van der Waals surface area contributed by atoms with E-state index in [0.29, 0.717) is 25.5 Å². The summed E-state index contributed by atoms with van der Waals surface area (Å²) in [6, 6.07) is 1.26. The standard InChI is InChI=1S/C14H18F2N2O3/c1-2-3-11-8-10(4-5-21-11)17-14-12(16)6-9(15)7-13(14)18(19)20/h6-7,10-11,17H,2-5,8H2,1H3. The molecule has 5 nitrogen and oxygen atoms in total. The third-order valence-electron chi connectivity index (χ3n) is 3.56. The van der Waals surface area contributed by atoms with Gasteiger partial charge in [0.15, 0.2) is 5.82 Å². The summed E-state index contributed by atoms with van der Waals surface area (Å²) in [4.78, 5) is 10.2. The molecular formula is C14H18F2N2O3. The first kappa shape index (κ1) is 15.6. The second-order valence-electron chi connectivity index (χ2n) is 5.19. The molecule has 1 saturated heterocycles. The van der Waals surface area contributed by atoms with Crippen LogP contribution in [0.1, 0.15) is 32.6 Å². The van der Waals surface area contributed by atoms with Crippen LogP contribution < -0.4 is 5.32 Å². The lowest BCUT2D eigenvalue weighted by Crippen LogP contribution is -2.34. The van der Waals surface area contributed by atoms with Gasteiger partial charge in [0.2, 0.25) is 0 Å². The Morgan fingerprint density at radius 3 is 2.90 bits per heavy atom. The van der Waals surface area contributed by atoms with Gasteiger partial charge >= 0.3 is 0 Å². The van der Waals surface area contributed by atoms with Crippen LogP contribution in [-0.2, 0) is 4.74 Å². The minimum Gasteiger partial charge on any atom is -0.378 e. The lowest BCUT2D eigenvalue weighted by Gasteiger charge is -2.30. The molecule has 0 saturated carbocycles. The summed E-state index contributed by atoms with van der Waals surface area (Å²) in [6.45, 7) is 2.57. The Morgan fingerprint density at radius 1 is 1.48 bits per heavy atom. The van der Waals surface area contributed by atoms with Crippen LogP contribution in [-0.4, -0.2) is 23.7 Å². The minimum absolute atomic E-state index is 0.0730. The van der Waals surface area contributed by atoms with Crippen molar-refractivity contribution in [1.82, 2.24) is 0 Å². The number of nitro benzene ring substituents is 1. The van der Waals surface area contributed by atoms with Crippen molar-refractivity contribution in [3.05, 3.63) is 33.9 Å². The lowest BCUT2D eigenvalue weighted by molar-refractivity contribution is -0.384. The molecule has 0 aliphatic carbocycles. The van der Waals surface area contributed by atoms with Gasteiger partial charge in [0.1, 0.15) is 11.5 Å². The van der Waals surface area contributed by atoms with Crippen LogP contribution >= 0.6 is 0 Å². The molecule has 2 unspecified atom stereocenters. The van der Waals surface area contributed by atoms with Gasteiger partial charge in [0, 0.05) is 18.7 Å². The van der Waals surface area contributed by atoms with Crippen LogP contribution in [0.5, 0.6) is 0 Å². The highest BCUT2D eigenvalue weighted by Gasteiger charge is 2.27. The topological polar surface area (TPSA) is 64.4 Å². The summed E-state index contributed by atoms with van der Waals surface area (Å²) >= 11 is 0. The molecule has 1 heterocycles. The van der Waals surface area contributed by atoms with Crippen LogP contribution in [0.25, 0.3) is 0 Å². The van der Waals surface area contributed by atoms with Crippen LogP contribution in [0.4, 0.5) is 20.2 Å². The van der Waals surface area contributed by atoms with E-state index < -0.39 is 22.2 Å². The zero-order valence-corrected chi connectivity index (χ0v) is 11.8. The Labute approximate surface area is 121 Å². The van der Waals surface area contributed by atoms with Crippen molar-refractivity contribution in [1.29, 1.82) is 0 Å². The van der Waals surface area contributed by atoms with Crippen molar-refractivity contribution in [2.75, 3.05) is 11.9 Å². The molecule has 1 aliphatic heterocycles. The molecule has 1 aliphatic rings. The van der Waals surface area contributed by atoms with Crippen molar-refractivity contribution < 1.29 is 18.4 Å². The number of nitrogens with zero attached hydrogens (tertiary/aromatic N) is 1. The summed E-state index contributed by atoms with van der Waals surface area (Å²) in [5.41, 5.74) is -0.824. The van der Waals surface area contributed by atoms with Gasteiger partial charge in [-0.1, -0.05) is 13.3 Å². The number of nitro groups is 1. The van der Waals surface area contributed by atoms with E-state index in [-0.39, 0.29) is 17.8 Å². The van der Waals surface area contributed by atoms with E-state index in [1.165, 1.54) is 0 Å². The van der Waals surface area contributed by atoms with Crippen molar-refractivity contribution >= 4 is 11.4 Å². The SMILES string of the molecule is CCCC1CC(Nc2c(F)cc(F)cc2[N+](=O)[O-])CCO1. The Balaban J connectivity index is 2.17. The fourth-order valence-electron chi connectivity index (χ4n) is 2.59.